The van der Waals surface area contributed by atoms with Gasteiger partial charge in [0.1, 0.15) is 6.33 Å². The van der Waals surface area contributed by atoms with Crippen LogP contribution in [0.4, 0.5) is 0 Å². The molecule has 152 valence electrons. The highest BCUT2D eigenvalue weighted by Gasteiger charge is 2.61. The number of rotatable bonds is 2. The lowest BCUT2D eigenvalue weighted by atomic mass is 9.42. The van der Waals surface area contributed by atoms with Gasteiger partial charge in [-0.3, -0.25) is 4.79 Å². The summed E-state index contributed by atoms with van der Waals surface area (Å²) in [6.45, 7) is 6.65. The van der Waals surface area contributed by atoms with Crippen molar-refractivity contribution in [3.8, 4) is 0 Å². The molecule has 0 saturated heterocycles. The van der Waals surface area contributed by atoms with Crippen LogP contribution >= 0.6 is 0 Å². The van der Waals surface area contributed by atoms with Gasteiger partial charge in [-0.1, -0.05) is 18.2 Å². The molecule has 2 unspecified atom stereocenters. The molecular formula is C24H30N4O. The van der Waals surface area contributed by atoms with Crippen LogP contribution in [0.25, 0.3) is 0 Å². The van der Waals surface area contributed by atoms with Gasteiger partial charge in [0.2, 0.25) is 5.91 Å². The number of hydrogen-bond acceptors (Lipinski definition) is 3. The van der Waals surface area contributed by atoms with Gasteiger partial charge in [-0.25, -0.2) is 0 Å². The van der Waals surface area contributed by atoms with Crippen molar-refractivity contribution in [2.24, 2.45) is 17.3 Å². The monoisotopic (exact) mass is 390 g/mol. The molecule has 1 aliphatic heterocycles. The summed E-state index contributed by atoms with van der Waals surface area (Å²) in [5.41, 5.74) is 4.28. The second-order valence-corrected chi connectivity index (χ2v) is 10.5. The molecule has 5 heteroatoms. The average Bonchev–Trinajstić information content (AvgIpc) is 3.16. The lowest BCUT2D eigenvalue weighted by molar-refractivity contribution is -0.162. The van der Waals surface area contributed by atoms with Crippen LogP contribution in [0.15, 0.2) is 24.5 Å². The smallest absolute Gasteiger partial charge is 0.229 e. The number of nitrogens with zero attached hydrogens (tertiary/aromatic N) is 4. The first kappa shape index (κ1) is 17.7. The molecule has 4 fully saturated rings. The molecule has 29 heavy (non-hydrogen) atoms. The Hall–Kier alpha value is -2.17. The van der Waals surface area contributed by atoms with Crippen LogP contribution in [-0.2, 0) is 23.3 Å². The maximum absolute atomic E-state index is 13.9. The quantitative estimate of drug-likeness (QED) is 0.784. The van der Waals surface area contributed by atoms with E-state index < -0.39 is 0 Å². The highest BCUT2D eigenvalue weighted by molar-refractivity contribution is 5.83. The Morgan fingerprint density at radius 2 is 1.86 bits per heavy atom. The molecule has 4 aliphatic carbocycles. The van der Waals surface area contributed by atoms with Gasteiger partial charge in [-0.05, 0) is 86.3 Å². The minimum absolute atomic E-state index is 0.162. The van der Waals surface area contributed by atoms with Gasteiger partial charge in [0.05, 0.1) is 12.0 Å². The van der Waals surface area contributed by atoms with Crippen LogP contribution in [-0.4, -0.2) is 32.1 Å². The number of benzene rings is 1. The van der Waals surface area contributed by atoms with Crippen LogP contribution in [0.3, 0.4) is 0 Å². The number of carbonyl (C=O) groups is 1. The first-order valence-corrected chi connectivity index (χ1v) is 11.2. The van der Waals surface area contributed by atoms with E-state index in [-0.39, 0.29) is 10.8 Å². The van der Waals surface area contributed by atoms with Crippen molar-refractivity contribution in [2.45, 2.75) is 70.9 Å². The Kier molecular flexibility index (Phi) is 3.61. The Morgan fingerprint density at radius 1 is 1.07 bits per heavy atom. The molecule has 0 spiro atoms. The van der Waals surface area contributed by atoms with Crippen molar-refractivity contribution in [3.63, 3.8) is 0 Å². The number of carbonyl (C=O) groups excluding carboxylic acids is 1. The molecule has 1 amide bonds. The van der Waals surface area contributed by atoms with Crippen molar-refractivity contribution in [1.82, 2.24) is 19.7 Å². The molecule has 1 aromatic heterocycles. The van der Waals surface area contributed by atoms with Gasteiger partial charge in [-0.2, -0.15) is 0 Å². The van der Waals surface area contributed by atoms with E-state index in [0.717, 1.165) is 38.2 Å². The van der Waals surface area contributed by atoms with E-state index in [0.29, 0.717) is 24.3 Å². The fraction of sp³-hybridized carbons (Fsp3) is 0.625. The van der Waals surface area contributed by atoms with Crippen LogP contribution < -0.4 is 0 Å². The predicted octanol–water partition coefficient (Wildman–Crippen LogP) is 3.78. The van der Waals surface area contributed by atoms with Gasteiger partial charge in [0, 0.05) is 13.1 Å². The molecule has 4 saturated carbocycles. The summed E-state index contributed by atoms with van der Waals surface area (Å²) < 4.78 is 2.08. The summed E-state index contributed by atoms with van der Waals surface area (Å²) in [5.74, 6) is 2.73. The molecule has 7 rings (SSSR count). The zero-order valence-electron chi connectivity index (χ0n) is 17.5. The normalized spacial score (nSPS) is 35.0. The van der Waals surface area contributed by atoms with Crippen LogP contribution in [0.2, 0.25) is 0 Å². The van der Waals surface area contributed by atoms with E-state index in [1.807, 2.05) is 0 Å². The first-order valence-electron chi connectivity index (χ1n) is 11.2. The molecule has 1 aromatic carbocycles. The summed E-state index contributed by atoms with van der Waals surface area (Å²) in [6, 6.07) is 7.07. The Bertz CT molecular complexity index is 979. The Labute approximate surface area is 172 Å². The SMILES string of the molecule is Cc1ccc(C23CC4CC(CC(C(=O)N5CCn6cnnc6C5)(C4)C2)C3)cc1C. The van der Waals surface area contributed by atoms with Crippen molar-refractivity contribution in [2.75, 3.05) is 6.54 Å². The van der Waals surface area contributed by atoms with Gasteiger partial charge < -0.3 is 9.47 Å². The van der Waals surface area contributed by atoms with Crippen LogP contribution in [0.5, 0.6) is 0 Å². The second-order valence-electron chi connectivity index (χ2n) is 10.5. The highest BCUT2D eigenvalue weighted by atomic mass is 16.2. The topological polar surface area (TPSA) is 51.0 Å². The molecule has 5 aliphatic rings. The fourth-order valence-corrected chi connectivity index (χ4v) is 7.50. The molecule has 4 bridgehead atoms. The van der Waals surface area contributed by atoms with Gasteiger partial charge in [0.25, 0.3) is 0 Å². The lowest BCUT2D eigenvalue weighted by Crippen LogP contribution is -2.60. The third-order valence-electron chi connectivity index (χ3n) is 8.56. The van der Waals surface area contributed by atoms with E-state index in [4.69, 9.17) is 0 Å². The Morgan fingerprint density at radius 3 is 2.62 bits per heavy atom. The molecule has 0 N–H and O–H groups in total. The first-order chi connectivity index (χ1) is 14.0. The van der Waals surface area contributed by atoms with Gasteiger partial charge >= 0.3 is 0 Å². The maximum Gasteiger partial charge on any atom is 0.229 e. The molecule has 0 radical (unpaired) electrons. The van der Waals surface area contributed by atoms with Crippen molar-refractivity contribution in [3.05, 3.63) is 47.0 Å². The van der Waals surface area contributed by atoms with E-state index in [1.54, 1.807) is 6.33 Å². The van der Waals surface area contributed by atoms with Crippen molar-refractivity contribution >= 4 is 5.91 Å². The molecule has 5 nitrogen and oxygen atoms in total. The van der Waals surface area contributed by atoms with E-state index in [2.05, 4.69) is 51.7 Å². The molecular weight excluding hydrogens is 360 g/mol. The minimum atomic E-state index is -0.162. The van der Waals surface area contributed by atoms with Gasteiger partial charge in [-0.15, -0.1) is 10.2 Å². The third kappa shape index (κ3) is 2.55. The van der Waals surface area contributed by atoms with E-state index >= 15 is 0 Å². The maximum atomic E-state index is 13.9. The summed E-state index contributed by atoms with van der Waals surface area (Å²) in [4.78, 5) is 16.0. The van der Waals surface area contributed by atoms with E-state index in [9.17, 15) is 4.79 Å². The number of fused-ring (bicyclic) bond motifs is 1. The lowest BCUT2D eigenvalue weighted by Gasteiger charge is -2.62. The number of aromatic nitrogens is 3. The number of aryl methyl sites for hydroxylation is 2. The summed E-state index contributed by atoms with van der Waals surface area (Å²) in [6.07, 6.45) is 8.89. The molecule has 2 aromatic rings. The van der Waals surface area contributed by atoms with Gasteiger partial charge in [0.15, 0.2) is 5.82 Å². The van der Waals surface area contributed by atoms with Crippen molar-refractivity contribution < 1.29 is 4.79 Å². The number of amides is 1. The zero-order valence-corrected chi connectivity index (χ0v) is 17.5. The standard InChI is InChI=1S/C24H30N4O/c1-16-3-4-20(7-17(16)2)23-9-18-8-19(10-23)12-24(11-18,14-23)22(29)27-5-6-28-15-25-26-21(28)13-27/h3-4,7,15,18-19H,5-6,8-14H2,1-2H3. The largest absolute Gasteiger partial charge is 0.333 e. The molecule has 2 heterocycles. The van der Waals surface area contributed by atoms with E-state index in [1.165, 1.54) is 36.0 Å². The third-order valence-corrected chi connectivity index (χ3v) is 8.56. The molecule has 2 atom stereocenters. The number of hydrogen-bond donors (Lipinski definition) is 0. The highest BCUT2D eigenvalue weighted by Crippen LogP contribution is 2.66. The van der Waals surface area contributed by atoms with Crippen LogP contribution in [0, 0.1) is 31.1 Å². The summed E-state index contributed by atoms with van der Waals surface area (Å²) >= 11 is 0. The Balaban J connectivity index is 1.35. The summed E-state index contributed by atoms with van der Waals surface area (Å²) in [7, 11) is 0. The fourth-order valence-electron chi connectivity index (χ4n) is 7.50. The minimum Gasteiger partial charge on any atom is -0.333 e. The summed E-state index contributed by atoms with van der Waals surface area (Å²) in [5, 5.41) is 8.26. The zero-order chi connectivity index (χ0) is 19.8. The van der Waals surface area contributed by atoms with Crippen molar-refractivity contribution in [1.29, 1.82) is 0 Å². The van der Waals surface area contributed by atoms with Crippen LogP contribution in [0.1, 0.15) is 61.0 Å². The predicted molar refractivity (Wildman–Crippen MR) is 110 cm³/mol. The average molecular weight is 391 g/mol. The second kappa shape index (κ2) is 5.93.